The first kappa shape index (κ1) is 10.3. The number of nitrogens with two attached hydrogens (primary N) is 1. The van der Waals surface area contributed by atoms with E-state index in [2.05, 4.69) is 16.9 Å². The molecule has 4 nitrogen and oxygen atoms in total. The van der Waals surface area contributed by atoms with Crippen LogP contribution in [-0.4, -0.2) is 17.1 Å². The molecule has 0 aromatic carbocycles. The van der Waals surface area contributed by atoms with Gasteiger partial charge in [-0.05, 0) is 19.4 Å². The van der Waals surface area contributed by atoms with Crippen molar-refractivity contribution in [3.63, 3.8) is 0 Å². The fraction of sp³-hybridized carbons (Fsp3) is 0.400. The third-order valence-corrected chi connectivity index (χ3v) is 3.48. The summed E-state index contributed by atoms with van der Waals surface area (Å²) in [6.45, 7) is 4.51. The number of aryl methyl sites for hydroxylation is 2. The average molecular weight is 223 g/mol. The second-order valence-corrected chi connectivity index (χ2v) is 4.62. The number of nitrogens with zero attached hydrogens (tertiary/aromatic N) is 2. The molecule has 0 atom stereocenters. The normalized spacial score (nSPS) is 11.1. The van der Waals surface area contributed by atoms with E-state index in [1.54, 1.807) is 18.4 Å². The maximum Gasteiger partial charge on any atom is 0.158 e. The molecule has 0 aliphatic carbocycles. The average Bonchev–Trinajstić information content (AvgIpc) is 2.43. The highest BCUT2D eigenvalue weighted by Gasteiger charge is 2.12. The Kier molecular flexibility index (Phi) is 2.58. The van der Waals surface area contributed by atoms with E-state index in [1.165, 1.54) is 10.4 Å². The summed E-state index contributed by atoms with van der Waals surface area (Å²) in [6.07, 6.45) is 0. The van der Waals surface area contributed by atoms with E-state index in [-0.39, 0.29) is 0 Å². The number of methoxy groups -OCH3 is 1. The van der Waals surface area contributed by atoms with Gasteiger partial charge in [0.2, 0.25) is 0 Å². The van der Waals surface area contributed by atoms with Crippen LogP contribution in [0.15, 0.2) is 0 Å². The van der Waals surface area contributed by atoms with Gasteiger partial charge in [-0.25, -0.2) is 9.97 Å². The highest BCUT2D eigenvalue weighted by atomic mass is 32.1. The first-order valence-electron chi connectivity index (χ1n) is 4.64. The third kappa shape index (κ3) is 1.68. The van der Waals surface area contributed by atoms with Gasteiger partial charge < -0.3 is 10.5 Å². The van der Waals surface area contributed by atoms with Crippen molar-refractivity contribution >= 4 is 27.4 Å². The first-order chi connectivity index (χ1) is 7.13. The van der Waals surface area contributed by atoms with Gasteiger partial charge in [-0.2, -0.15) is 0 Å². The summed E-state index contributed by atoms with van der Waals surface area (Å²) in [6, 6.07) is 0. The van der Waals surface area contributed by atoms with E-state index in [0.29, 0.717) is 18.2 Å². The van der Waals surface area contributed by atoms with Crippen LogP contribution in [-0.2, 0) is 11.3 Å². The Bertz CT molecular complexity index is 507. The van der Waals surface area contributed by atoms with Crippen molar-refractivity contribution in [3.05, 3.63) is 16.3 Å². The summed E-state index contributed by atoms with van der Waals surface area (Å²) in [5, 5.41) is 0.984. The number of aromatic nitrogens is 2. The van der Waals surface area contributed by atoms with Crippen LogP contribution < -0.4 is 5.73 Å². The van der Waals surface area contributed by atoms with Crippen LogP contribution >= 0.6 is 11.3 Å². The molecule has 0 bridgehead atoms. The monoisotopic (exact) mass is 223 g/mol. The minimum atomic E-state index is 0.399. The van der Waals surface area contributed by atoms with E-state index in [9.17, 15) is 0 Å². The van der Waals surface area contributed by atoms with Crippen molar-refractivity contribution in [1.82, 2.24) is 9.97 Å². The fourth-order valence-electron chi connectivity index (χ4n) is 1.52. The molecule has 0 aliphatic rings. The molecule has 2 aromatic heterocycles. The topological polar surface area (TPSA) is 61.0 Å². The van der Waals surface area contributed by atoms with E-state index in [4.69, 9.17) is 10.5 Å². The second-order valence-electron chi connectivity index (χ2n) is 3.42. The summed E-state index contributed by atoms with van der Waals surface area (Å²) in [5.74, 6) is 1.19. The smallest absolute Gasteiger partial charge is 0.158 e. The Hall–Kier alpha value is -1.20. The third-order valence-electron chi connectivity index (χ3n) is 2.38. The Labute approximate surface area is 92.1 Å². The summed E-state index contributed by atoms with van der Waals surface area (Å²) in [5.41, 5.74) is 7.08. The number of hydrogen-bond donors (Lipinski definition) is 1. The molecule has 2 rings (SSSR count). The van der Waals surface area contributed by atoms with Gasteiger partial charge in [-0.3, -0.25) is 0 Å². The zero-order valence-corrected chi connectivity index (χ0v) is 9.81. The van der Waals surface area contributed by atoms with Gasteiger partial charge >= 0.3 is 0 Å². The predicted octanol–water partition coefficient (Wildman–Crippen LogP) is 2.04. The van der Waals surface area contributed by atoms with Gasteiger partial charge in [0.25, 0.3) is 0 Å². The molecule has 0 saturated heterocycles. The first-order valence-corrected chi connectivity index (χ1v) is 5.46. The van der Waals surface area contributed by atoms with Gasteiger partial charge in [-0.1, -0.05) is 0 Å². The zero-order chi connectivity index (χ0) is 11.0. The number of anilines is 1. The maximum absolute atomic E-state index is 5.90. The van der Waals surface area contributed by atoms with E-state index < -0.39 is 0 Å². The quantitative estimate of drug-likeness (QED) is 0.846. The Balaban J connectivity index is 2.67. The van der Waals surface area contributed by atoms with Crippen molar-refractivity contribution < 1.29 is 4.74 Å². The van der Waals surface area contributed by atoms with Crippen LogP contribution in [0.2, 0.25) is 0 Å². The molecule has 0 saturated carbocycles. The number of nitrogen functional groups attached to an aromatic ring is 1. The van der Waals surface area contributed by atoms with Crippen LogP contribution in [0.3, 0.4) is 0 Å². The molecule has 0 spiro atoms. The highest BCUT2D eigenvalue weighted by molar-refractivity contribution is 7.18. The molecule has 0 radical (unpaired) electrons. The van der Waals surface area contributed by atoms with Crippen LogP contribution in [0.1, 0.15) is 16.3 Å². The molecular weight excluding hydrogens is 210 g/mol. The summed E-state index contributed by atoms with van der Waals surface area (Å²) in [7, 11) is 1.62. The molecule has 5 heteroatoms. The van der Waals surface area contributed by atoms with Gasteiger partial charge in [-0.15, -0.1) is 11.3 Å². The van der Waals surface area contributed by atoms with Crippen molar-refractivity contribution in [2.75, 3.05) is 12.8 Å². The molecule has 2 aromatic rings. The van der Waals surface area contributed by atoms with Gasteiger partial charge in [0.1, 0.15) is 17.3 Å². The van der Waals surface area contributed by atoms with Gasteiger partial charge in [0.15, 0.2) is 5.82 Å². The minimum absolute atomic E-state index is 0.399. The van der Waals surface area contributed by atoms with Crippen molar-refractivity contribution in [2.45, 2.75) is 20.5 Å². The lowest BCUT2D eigenvalue weighted by atomic mass is 10.2. The van der Waals surface area contributed by atoms with Crippen LogP contribution in [0.5, 0.6) is 0 Å². The summed E-state index contributed by atoms with van der Waals surface area (Å²) < 4.78 is 4.99. The van der Waals surface area contributed by atoms with Crippen molar-refractivity contribution in [2.24, 2.45) is 0 Å². The number of fused-ring (bicyclic) bond motifs is 1. The largest absolute Gasteiger partial charge is 0.383 e. The predicted molar refractivity (Wildman–Crippen MR) is 62.0 cm³/mol. The van der Waals surface area contributed by atoms with Crippen LogP contribution in [0, 0.1) is 13.8 Å². The molecule has 0 fully saturated rings. The molecule has 0 amide bonds. The fourth-order valence-corrected chi connectivity index (χ4v) is 2.58. The van der Waals surface area contributed by atoms with E-state index in [0.717, 1.165) is 10.2 Å². The molecule has 2 heterocycles. The summed E-state index contributed by atoms with van der Waals surface area (Å²) in [4.78, 5) is 10.8. The van der Waals surface area contributed by atoms with Crippen molar-refractivity contribution in [1.29, 1.82) is 0 Å². The SMILES string of the molecule is COCc1nc(N)c2c(C)c(C)sc2n1. The molecule has 0 aliphatic heterocycles. The minimum Gasteiger partial charge on any atom is -0.383 e. The van der Waals surface area contributed by atoms with E-state index in [1.807, 2.05) is 6.92 Å². The van der Waals surface area contributed by atoms with Crippen molar-refractivity contribution in [3.8, 4) is 0 Å². The lowest BCUT2D eigenvalue weighted by Gasteiger charge is -2.01. The Morgan fingerprint density at radius 1 is 1.33 bits per heavy atom. The number of rotatable bonds is 2. The number of thiophene rings is 1. The molecule has 80 valence electrons. The zero-order valence-electron chi connectivity index (χ0n) is 9.00. The van der Waals surface area contributed by atoms with E-state index >= 15 is 0 Å². The lowest BCUT2D eigenvalue weighted by molar-refractivity contribution is 0.178. The van der Waals surface area contributed by atoms with Crippen LogP contribution in [0.25, 0.3) is 10.2 Å². The molecular formula is C10H13N3OS. The standard InChI is InChI=1S/C10H13N3OS/c1-5-6(2)15-10-8(5)9(11)12-7(13-10)4-14-3/h4H2,1-3H3,(H2,11,12,13). The number of hydrogen-bond acceptors (Lipinski definition) is 5. The Morgan fingerprint density at radius 3 is 2.73 bits per heavy atom. The maximum atomic E-state index is 5.90. The van der Waals surface area contributed by atoms with Gasteiger partial charge in [0, 0.05) is 12.0 Å². The highest BCUT2D eigenvalue weighted by Crippen LogP contribution is 2.31. The summed E-state index contributed by atoms with van der Waals surface area (Å²) >= 11 is 1.65. The molecule has 15 heavy (non-hydrogen) atoms. The molecule has 0 unspecified atom stereocenters. The lowest BCUT2D eigenvalue weighted by Crippen LogP contribution is -2.01. The van der Waals surface area contributed by atoms with Crippen LogP contribution in [0.4, 0.5) is 5.82 Å². The Morgan fingerprint density at radius 2 is 2.07 bits per heavy atom. The molecule has 2 N–H and O–H groups in total. The second kappa shape index (κ2) is 3.75. The van der Waals surface area contributed by atoms with Gasteiger partial charge in [0.05, 0.1) is 5.39 Å². The number of ether oxygens (including phenoxy) is 1.